The number of anilines is 1. The highest BCUT2D eigenvalue weighted by atomic mass is 19.1. The fraction of sp³-hybridized carbons (Fsp3) is 0.435. The molecule has 0 spiro atoms. The van der Waals surface area contributed by atoms with E-state index in [0.717, 1.165) is 18.5 Å². The maximum absolute atomic E-state index is 15.6. The Balaban J connectivity index is 1.58. The molecule has 2 bridgehead atoms. The second kappa shape index (κ2) is 6.90. The molecule has 3 aliphatic rings. The molecule has 8 nitrogen and oxygen atoms in total. The molecule has 1 amide bonds. The summed E-state index contributed by atoms with van der Waals surface area (Å²) in [5, 5.41) is 2.58. The molecule has 2 saturated heterocycles. The van der Waals surface area contributed by atoms with Gasteiger partial charge in [-0.1, -0.05) is 0 Å². The first-order chi connectivity index (χ1) is 15.1. The topological polar surface area (TPSA) is 86.9 Å². The van der Waals surface area contributed by atoms with Gasteiger partial charge in [-0.2, -0.15) is 4.39 Å². The number of aromatic nitrogens is 3. The summed E-state index contributed by atoms with van der Waals surface area (Å²) >= 11 is 0. The molecule has 1 saturated carbocycles. The average molecular weight is 440 g/mol. The predicted octanol–water partition coefficient (Wildman–Crippen LogP) is 3.03. The number of hydrogen-bond acceptors (Lipinski definition) is 5. The van der Waals surface area contributed by atoms with Gasteiger partial charge in [0.1, 0.15) is 11.3 Å². The van der Waals surface area contributed by atoms with Crippen LogP contribution >= 0.6 is 0 Å². The molecule has 0 aromatic carbocycles. The van der Waals surface area contributed by atoms with E-state index in [1.165, 1.54) is 21.2 Å². The van der Waals surface area contributed by atoms with Crippen molar-refractivity contribution in [3.8, 4) is 5.75 Å². The number of rotatable bonds is 5. The number of nitrogens with zero attached hydrogens (tertiary/aromatic N) is 3. The van der Waals surface area contributed by atoms with Crippen LogP contribution in [0.25, 0.3) is 5.65 Å². The van der Waals surface area contributed by atoms with Gasteiger partial charge in [0.15, 0.2) is 11.4 Å². The highest BCUT2D eigenvalue weighted by molar-refractivity contribution is 6.06. The number of amides is 1. The minimum absolute atomic E-state index is 0.0165. The fourth-order valence-corrected chi connectivity index (χ4v) is 4.87. The van der Waals surface area contributed by atoms with Crippen LogP contribution < -0.4 is 15.6 Å². The van der Waals surface area contributed by atoms with Crippen LogP contribution in [0.1, 0.15) is 49.7 Å². The Hall–Kier alpha value is -3.20. The molecular formula is C23H25FN4O4. The lowest BCUT2D eigenvalue weighted by molar-refractivity contribution is 0.0154. The lowest BCUT2D eigenvalue weighted by atomic mass is 9.62. The zero-order valence-corrected chi connectivity index (χ0v) is 18.4. The smallest absolute Gasteiger partial charge is 0.274 e. The van der Waals surface area contributed by atoms with E-state index in [4.69, 9.17) is 9.47 Å². The molecule has 1 aliphatic carbocycles. The van der Waals surface area contributed by atoms with Crippen molar-refractivity contribution in [2.75, 3.05) is 11.9 Å². The Morgan fingerprint density at radius 1 is 1.34 bits per heavy atom. The quantitative estimate of drug-likeness (QED) is 0.659. The van der Waals surface area contributed by atoms with Crippen LogP contribution in [0.4, 0.5) is 10.1 Å². The largest absolute Gasteiger partial charge is 0.487 e. The molecule has 0 atom stereocenters. The van der Waals surface area contributed by atoms with E-state index < -0.39 is 11.7 Å². The Bertz CT molecular complexity index is 1300. The number of pyridine rings is 2. The summed E-state index contributed by atoms with van der Waals surface area (Å²) < 4.78 is 30.0. The van der Waals surface area contributed by atoms with Crippen molar-refractivity contribution >= 4 is 17.2 Å². The summed E-state index contributed by atoms with van der Waals surface area (Å²) in [6.45, 7) is 6.12. The van der Waals surface area contributed by atoms with Gasteiger partial charge in [0.2, 0.25) is 5.82 Å². The van der Waals surface area contributed by atoms with E-state index in [2.05, 4.69) is 17.2 Å². The normalized spacial score (nSPS) is 24.1. The van der Waals surface area contributed by atoms with Gasteiger partial charge in [0, 0.05) is 31.1 Å². The Labute approximate surface area is 184 Å². The SMILES string of the molecule is CC(C)Oc1c(C(=O)Nc2cccn(C)c2=O)cn2cc(C34COC(C)(C3)C4)nc2c1F. The maximum atomic E-state index is 15.6. The average Bonchev–Trinajstić information content (AvgIpc) is 3.38. The van der Waals surface area contributed by atoms with Gasteiger partial charge in [0.25, 0.3) is 11.5 Å². The van der Waals surface area contributed by atoms with Gasteiger partial charge in [-0.05, 0) is 45.7 Å². The molecule has 0 radical (unpaired) electrons. The maximum Gasteiger partial charge on any atom is 0.274 e. The van der Waals surface area contributed by atoms with Crippen LogP contribution in [0, 0.1) is 5.82 Å². The van der Waals surface area contributed by atoms with Gasteiger partial charge < -0.3 is 23.8 Å². The van der Waals surface area contributed by atoms with Crippen molar-refractivity contribution in [3.63, 3.8) is 0 Å². The van der Waals surface area contributed by atoms with E-state index in [9.17, 15) is 9.59 Å². The second-order valence-corrected chi connectivity index (χ2v) is 9.37. The number of hydrogen-bond donors (Lipinski definition) is 1. The minimum atomic E-state index is -0.712. The summed E-state index contributed by atoms with van der Waals surface area (Å²) in [4.78, 5) is 30.0. The highest BCUT2D eigenvalue weighted by Gasteiger charge is 2.61. The molecular weight excluding hydrogens is 415 g/mol. The fourth-order valence-electron chi connectivity index (χ4n) is 4.87. The summed E-state index contributed by atoms with van der Waals surface area (Å²) in [7, 11) is 1.58. The molecule has 1 N–H and O–H groups in total. The van der Waals surface area contributed by atoms with Crippen molar-refractivity contribution in [2.24, 2.45) is 7.05 Å². The monoisotopic (exact) mass is 440 g/mol. The number of carbonyl (C=O) groups is 1. The van der Waals surface area contributed by atoms with Crippen molar-refractivity contribution in [2.45, 2.75) is 50.7 Å². The Kier molecular flexibility index (Phi) is 4.46. The number of imidazole rings is 1. The number of fused-ring (bicyclic) bond motifs is 2. The lowest BCUT2D eigenvalue weighted by Gasteiger charge is -2.41. The number of aryl methyl sites for hydroxylation is 1. The molecule has 32 heavy (non-hydrogen) atoms. The number of carbonyl (C=O) groups excluding carboxylic acids is 1. The van der Waals surface area contributed by atoms with Gasteiger partial charge in [0.05, 0.1) is 24.0 Å². The van der Waals surface area contributed by atoms with Gasteiger partial charge in [-0.15, -0.1) is 0 Å². The standard InChI is InChI=1S/C23H25FN4O4/c1-13(2)32-18-14(20(29)25-15-6-5-7-27(4)21(15)30)8-28-9-16(26-19(28)17(18)24)23-10-22(3,11-23)31-12-23/h5-9,13H,10-12H2,1-4H3,(H,25,29). The van der Waals surface area contributed by atoms with Crippen LogP contribution in [0.5, 0.6) is 5.75 Å². The van der Waals surface area contributed by atoms with Crippen LogP contribution in [-0.4, -0.2) is 38.2 Å². The number of ether oxygens (including phenoxy) is 2. The minimum Gasteiger partial charge on any atom is -0.487 e. The molecule has 3 fully saturated rings. The third-order valence-corrected chi connectivity index (χ3v) is 6.28. The van der Waals surface area contributed by atoms with Crippen LogP contribution in [0.2, 0.25) is 0 Å². The second-order valence-electron chi connectivity index (χ2n) is 9.37. The first-order valence-electron chi connectivity index (χ1n) is 10.6. The van der Waals surface area contributed by atoms with Crippen LogP contribution in [0.15, 0.2) is 35.5 Å². The van der Waals surface area contributed by atoms with E-state index in [1.807, 2.05) is 0 Å². The van der Waals surface area contributed by atoms with E-state index in [0.29, 0.717) is 6.61 Å². The summed E-state index contributed by atoms with van der Waals surface area (Å²) in [6, 6.07) is 3.14. The third kappa shape index (κ3) is 3.10. The molecule has 5 heterocycles. The number of nitrogens with one attached hydrogen (secondary N) is 1. The van der Waals surface area contributed by atoms with Gasteiger partial charge >= 0.3 is 0 Å². The van der Waals surface area contributed by atoms with Crippen LogP contribution in [-0.2, 0) is 17.2 Å². The summed E-state index contributed by atoms with van der Waals surface area (Å²) in [6.07, 6.45) is 6.15. The Morgan fingerprint density at radius 3 is 2.75 bits per heavy atom. The highest BCUT2D eigenvalue weighted by Crippen LogP contribution is 2.58. The van der Waals surface area contributed by atoms with E-state index in [1.54, 1.807) is 39.4 Å². The zero-order chi connectivity index (χ0) is 22.8. The first-order valence-corrected chi connectivity index (χ1v) is 10.6. The zero-order valence-electron chi connectivity index (χ0n) is 18.4. The number of halogens is 1. The molecule has 2 aliphatic heterocycles. The lowest BCUT2D eigenvalue weighted by Crippen LogP contribution is -2.45. The predicted molar refractivity (Wildman–Crippen MR) is 116 cm³/mol. The van der Waals surface area contributed by atoms with Crippen molar-refractivity contribution < 1.29 is 18.7 Å². The molecule has 9 heteroatoms. The summed E-state index contributed by atoms with van der Waals surface area (Å²) in [5.74, 6) is -1.54. The first kappa shape index (κ1) is 20.7. The summed E-state index contributed by atoms with van der Waals surface area (Å²) in [5.41, 5.74) is 0.203. The molecule has 6 rings (SSSR count). The van der Waals surface area contributed by atoms with Crippen LogP contribution in [0.3, 0.4) is 0 Å². The molecule has 3 aromatic rings. The molecule has 168 valence electrons. The third-order valence-electron chi connectivity index (χ3n) is 6.28. The van der Waals surface area contributed by atoms with Crippen molar-refractivity contribution in [1.82, 2.24) is 14.0 Å². The van der Waals surface area contributed by atoms with E-state index >= 15 is 4.39 Å². The van der Waals surface area contributed by atoms with Crippen molar-refractivity contribution in [3.05, 3.63) is 58.2 Å². The van der Waals surface area contributed by atoms with Gasteiger partial charge in [-0.3, -0.25) is 9.59 Å². The molecule has 0 unspecified atom stereocenters. The van der Waals surface area contributed by atoms with Gasteiger partial charge in [-0.25, -0.2) is 4.98 Å². The molecule has 3 aromatic heterocycles. The Morgan fingerprint density at radius 2 is 2.09 bits per heavy atom. The van der Waals surface area contributed by atoms with Crippen molar-refractivity contribution in [1.29, 1.82) is 0 Å². The van der Waals surface area contributed by atoms with E-state index in [-0.39, 0.29) is 45.3 Å².